The minimum absolute atomic E-state index is 0.0595. The van der Waals surface area contributed by atoms with Gasteiger partial charge in [0.05, 0.1) is 10.5 Å². The molecule has 2 saturated heterocycles. The van der Waals surface area contributed by atoms with E-state index in [1.165, 1.54) is 9.80 Å². The molecule has 2 rings (SSSR count). The number of likely N-dealkylation sites (tertiary alicyclic amines) is 2. The van der Waals surface area contributed by atoms with Gasteiger partial charge in [-0.3, -0.25) is 29.0 Å². The second-order valence-electron chi connectivity index (χ2n) is 9.26. The van der Waals surface area contributed by atoms with E-state index in [-0.39, 0.29) is 56.5 Å². The molecular formula is C20H32N2O4S4. The lowest BCUT2D eigenvalue weighted by Gasteiger charge is -2.21. The van der Waals surface area contributed by atoms with Crippen LogP contribution in [0.4, 0.5) is 0 Å². The molecule has 4 amide bonds. The Kier molecular flexibility index (Phi) is 9.10. The van der Waals surface area contributed by atoms with Gasteiger partial charge in [-0.25, -0.2) is 0 Å². The Hall–Kier alpha value is -0.320. The summed E-state index contributed by atoms with van der Waals surface area (Å²) in [4.78, 5) is 52.0. The Morgan fingerprint density at radius 2 is 1.03 bits per heavy atom. The van der Waals surface area contributed by atoms with E-state index in [2.05, 4.69) is 0 Å². The van der Waals surface area contributed by atoms with E-state index in [0.29, 0.717) is 24.6 Å². The molecule has 170 valence electrons. The van der Waals surface area contributed by atoms with Crippen LogP contribution < -0.4 is 0 Å². The molecule has 6 nitrogen and oxygen atoms in total. The first-order valence-corrected chi connectivity index (χ1v) is 14.3. The average Bonchev–Trinajstić information content (AvgIpc) is 2.98. The summed E-state index contributed by atoms with van der Waals surface area (Å²) in [5.41, 5.74) is 0. The van der Waals surface area contributed by atoms with Gasteiger partial charge < -0.3 is 0 Å². The molecule has 2 heterocycles. The normalized spacial score (nSPS) is 23.3. The number of hydrogen-bond donors (Lipinski definition) is 0. The zero-order chi connectivity index (χ0) is 22.7. The lowest BCUT2D eigenvalue weighted by atomic mass is 10.3. The van der Waals surface area contributed by atoms with Gasteiger partial charge in [0.25, 0.3) is 0 Å². The number of imide groups is 2. The van der Waals surface area contributed by atoms with Crippen molar-refractivity contribution in [1.82, 2.24) is 9.80 Å². The van der Waals surface area contributed by atoms with E-state index < -0.39 is 0 Å². The third-order valence-corrected chi connectivity index (χ3v) is 9.36. The van der Waals surface area contributed by atoms with Gasteiger partial charge in [-0.05, 0) is 0 Å². The number of nitrogens with zero attached hydrogens (tertiary/aromatic N) is 2. The van der Waals surface area contributed by atoms with Gasteiger partial charge in [-0.15, -0.1) is 23.5 Å². The zero-order valence-corrected chi connectivity index (χ0v) is 21.8. The standard InChI is InChI=1S/C20H32N2O4S4/c1-19(2,3)29-13-11-15(23)21(17(13)25)7-9-27-28-10-8-22-16(24)12-14(18(22)26)30-20(4,5)6/h13-14H,7-12H2,1-6H3. The van der Waals surface area contributed by atoms with Crippen molar-refractivity contribution >= 4 is 68.7 Å². The van der Waals surface area contributed by atoms with Gasteiger partial charge in [0.1, 0.15) is 0 Å². The van der Waals surface area contributed by atoms with Crippen molar-refractivity contribution in [3.8, 4) is 0 Å². The van der Waals surface area contributed by atoms with Crippen LogP contribution in [0.25, 0.3) is 0 Å². The lowest BCUT2D eigenvalue weighted by Crippen LogP contribution is -2.34. The van der Waals surface area contributed by atoms with Crippen LogP contribution in [-0.2, 0) is 19.2 Å². The van der Waals surface area contributed by atoms with Gasteiger partial charge in [-0.2, -0.15) is 0 Å². The third kappa shape index (κ3) is 7.67. The first kappa shape index (κ1) is 25.9. The molecule has 2 aliphatic heterocycles. The highest BCUT2D eigenvalue weighted by Gasteiger charge is 2.41. The smallest absolute Gasteiger partial charge is 0.242 e. The quantitative estimate of drug-likeness (QED) is 0.274. The highest BCUT2D eigenvalue weighted by atomic mass is 33.1. The molecule has 2 atom stereocenters. The molecule has 10 heteroatoms. The molecule has 2 aliphatic rings. The van der Waals surface area contributed by atoms with E-state index >= 15 is 0 Å². The van der Waals surface area contributed by atoms with Crippen LogP contribution in [0.5, 0.6) is 0 Å². The van der Waals surface area contributed by atoms with Gasteiger partial charge in [0, 0.05) is 46.9 Å². The topological polar surface area (TPSA) is 74.8 Å². The van der Waals surface area contributed by atoms with Crippen LogP contribution in [-0.4, -0.2) is 78.0 Å². The van der Waals surface area contributed by atoms with Crippen molar-refractivity contribution in [1.29, 1.82) is 0 Å². The first-order valence-electron chi connectivity index (χ1n) is 10.1. The Balaban J connectivity index is 1.68. The SMILES string of the molecule is CC(C)(C)SC1CC(=O)N(CCSSCCN2C(=O)CC(SC(C)(C)C)C2=O)C1=O. The van der Waals surface area contributed by atoms with Crippen LogP contribution in [0, 0.1) is 0 Å². The zero-order valence-electron chi connectivity index (χ0n) is 18.6. The molecule has 0 aromatic heterocycles. The molecule has 0 bridgehead atoms. The molecule has 2 unspecified atom stereocenters. The van der Waals surface area contributed by atoms with Crippen LogP contribution in [0.3, 0.4) is 0 Å². The molecule has 0 spiro atoms. The molecule has 0 aromatic carbocycles. The summed E-state index contributed by atoms with van der Waals surface area (Å²) >= 11 is 3.10. The molecular weight excluding hydrogens is 460 g/mol. The number of carbonyl (C=O) groups is 4. The Morgan fingerprint density at radius 1 is 0.700 bits per heavy atom. The van der Waals surface area contributed by atoms with Crippen molar-refractivity contribution in [2.24, 2.45) is 0 Å². The van der Waals surface area contributed by atoms with E-state index in [1.54, 1.807) is 45.1 Å². The maximum atomic E-state index is 12.5. The highest BCUT2D eigenvalue weighted by Crippen LogP contribution is 2.36. The summed E-state index contributed by atoms with van der Waals surface area (Å²) < 4.78 is -0.119. The average molecular weight is 493 g/mol. The van der Waals surface area contributed by atoms with Gasteiger partial charge in [0.15, 0.2) is 0 Å². The maximum Gasteiger partial charge on any atom is 0.242 e. The minimum atomic E-state index is -0.277. The summed E-state index contributed by atoms with van der Waals surface area (Å²) in [6.45, 7) is 13.1. The second-order valence-corrected chi connectivity index (χ2v) is 16.0. The van der Waals surface area contributed by atoms with E-state index in [4.69, 9.17) is 0 Å². The fourth-order valence-electron chi connectivity index (χ4n) is 3.19. The summed E-state index contributed by atoms with van der Waals surface area (Å²) in [7, 11) is 3.13. The molecule has 30 heavy (non-hydrogen) atoms. The van der Waals surface area contributed by atoms with Crippen molar-refractivity contribution in [3.05, 3.63) is 0 Å². The van der Waals surface area contributed by atoms with Crippen LogP contribution in [0.2, 0.25) is 0 Å². The molecule has 0 saturated carbocycles. The maximum absolute atomic E-state index is 12.5. The predicted molar refractivity (Wildman–Crippen MR) is 130 cm³/mol. The van der Waals surface area contributed by atoms with Gasteiger partial charge in [-0.1, -0.05) is 63.1 Å². The molecule has 0 aliphatic carbocycles. The molecule has 2 fully saturated rings. The molecule has 0 radical (unpaired) electrons. The lowest BCUT2D eigenvalue weighted by molar-refractivity contribution is -0.139. The summed E-state index contributed by atoms with van der Waals surface area (Å²) in [5.74, 6) is 0.923. The van der Waals surface area contributed by atoms with Gasteiger partial charge in [0.2, 0.25) is 23.6 Å². The van der Waals surface area contributed by atoms with Crippen molar-refractivity contribution in [2.75, 3.05) is 24.6 Å². The molecule has 0 aromatic rings. The van der Waals surface area contributed by atoms with Crippen molar-refractivity contribution in [2.45, 2.75) is 74.4 Å². The fraction of sp³-hybridized carbons (Fsp3) is 0.800. The number of amides is 4. The van der Waals surface area contributed by atoms with E-state index in [9.17, 15) is 19.2 Å². The minimum Gasteiger partial charge on any atom is -0.281 e. The summed E-state index contributed by atoms with van der Waals surface area (Å²) in [5, 5.41) is -0.553. The Bertz CT molecular complexity index is 629. The number of hydrogen-bond acceptors (Lipinski definition) is 8. The van der Waals surface area contributed by atoms with Crippen molar-refractivity contribution < 1.29 is 19.2 Å². The van der Waals surface area contributed by atoms with Crippen LogP contribution >= 0.6 is 45.1 Å². The predicted octanol–water partition coefficient (Wildman–Crippen LogP) is 3.69. The van der Waals surface area contributed by atoms with E-state index in [0.717, 1.165) is 0 Å². The largest absolute Gasteiger partial charge is 0.281 e. The fourth-order valence-corrected chi connectivity index (χ4v) is 7.71. The summed E-state index contributed by atoms with van der Waals surface area (Å²) in [6, 6.07) is 0. The van der Waals surface area contributed by atoms with Crippen LogP contribution in [0.15, 0.2) is 0 Å². The number of carbonyl (C=O) groups excluding carboxylic acids is 4. The number of thioether (sulfide) groups is 2. The van der Waals surface area contributed by atoms with Gasteiger partial charge >= 0.3 is 0 Å². The van der Waals surface area contributed by atoms with Crippen LogP contribution in [0.1, 0.15) is 54.4 Å². The monoisotopic (exact) mass is 492 g/mol. The number of rotatable bonds is 9. The van der Waals surface area contributed by atoms with Crippen molar-refractivity contribution in [3.63, 3.8) is 0 Å². The first-order chi connectivity index (χ1) is 13.8. The highest BCUT2D eigenvalue weighted by molar-refractivity contribution is 8.76. The second kappa shape index (κ2) is 10.5. The summed E-state index contributed by atoms with van der Waals surface area (Å²) in [6.07, 6.45) is 0.566. The third-order valence-electron chi connectivity index (χ3n) is 4.28. The molecule has 0 N–H and O–H groups in total. The Morgan fingerprint density at radius 3 is 1.33 bits per heavy atom. The Labute approximate surface area is 196 Å². The van der Waals surface area contributed by atoms with E-state index in [1.807, 2.05) is 41.5 Å².